The number of rotatable bonds is 10. The number of para-hydroxylation sites is 1. The van der Waals surface area contributed by atoms with E-state index in [2.05, 4.69) is 15.6 Å². The maximum atomic E-state index is 13.1. The molecule has 0 aliphatic carbocycles. The van der Waals surface area contributed by atoms with Gasteiger partial charge in [-0.15, -0.1) is 0 Å². The van der Waals surface area contributed by atoms with Gasteiger partial charge in [-0.2, -0.15) is 0 Å². The van der Waals surface area contributed by atoms with Gasteiger partial charge in [0.1, 0.15) is 17.4 Å². The average molecular weight is 494 g/mol. The summed E-state index contributed by atoms with van der Waals surface area (Å²) in [5.74, 6) is -1.22. The molecule has 3 aromatic rings. The highest BCUT2D eigenvalue weighted by Crippen LogP contribution is 2.33. The van der Waals surface area contributed by atoms with Gasteiger partial charge >= 0.3 is 0 Å². The van der Waals surface area contributed by atoms with Gasteiger partial charge in [0.25, 0.3) is 16.8 Å². The first-order valence-corrected chi connectivity index (χ1v) is 11.6. The first-order chi connectivity index (χ1) is 17.0. The molecule has 0 unspecified atom stereocenters. The Balaban J connectivity index is 1.82. The second kappa shape index (κ2) is 11.0. The molecule has 3 N–H and O–H groups in total. The summed E-state index contributed by atoms with van der Waals surface area (Å²) in [6.45, 7) is 4.09. The minimum absolute atomic E-state index is 0.0407. The molecular weight excluding hydrogens is 462 g/mol. The predicted molar refractivity (Wildman–Crippen MR) is 139 cm³/mol. The molecular formula is C26H31N5O5. The fourth-order valence-electron chi connectivity index (χ4n) is 4.07. The van der Waals surface area contributed by atoms with Crippen molar-refractivity contribution in [2.24, 2.45) is 5.92 Å². The molecule has 0 saturated heterocycles. The number of benzene rings is 1. The fourth-order valence-corrected chi connectivity index (χ4v) is 4.07. The maximum absolute atomic E-state index is 13.1. The van der Waals surface area contributed by atoms with Gasteiger partial charge in [-0.25, -0.2) is 0 Å². The van der Waals surface area contributed by atoms with Crippen molar-refractivity contribution in [2.45, 2.75) is 26.3 Å². The average Bonchev–Trinajstić information content (AvgIpc) is 2.84. The Kier molecular flexibility index (Phi) is 8.08. The Morgan fingerprint density at radius 1 is 1.06 bits per heavy atom. The molecule has 2 amide bonds. The molecule has 0 aliphatic rings. The second-order valence-electron chi connectivity index (χ2n) is 9.11. The zero-order chi connectivity index (χ0) is 26.6. The van der Waals surface area contributed by atoms with Crippen LogP contribution in [0.15, 0.2) is 52.3 Å². The molecule has 0 radical (unpaired) electrons. The van der Waals surface area contributed by atoms with Crippen LogP contribution in [0, 0.1) is 5.92 Å². The molecule has 2 aromatic carbocycles. The number of nitrogens with zero attached hydrogens (tertiary/aromatic N) is 3. The summed E-state index contributed by atoms with van der Waals surface area (Å²) < 4.78 is 0. The number of amides is 2. The van der Waals surface area contributed by atoms with Crippen molar-refractivity contribution in [3.63, 3.8) is 0 Å². The minimum atomic E-state index is -0.764. The van der Waals surface area contributed by atoms with Crippen LogP contribution in [0.25, 0.3) is 0 Å². The van der Waals surface area contributed by atoms with E-state index in [9.17, 15) is 24.3 Å². The van der Waals surface area contributed by atoms with Crippen molar-refractivity contribution in [1.29, 1.82) is 0 Å². The Morgan fingerprint density at radius 3 is 2.39 bits per heavy atom. The van der Waals surface area contributed by atoms with E-state index >= 15 is 0 Å². The lowest BCUT2D eigenvalue weighted by molar-refractivity contribution is -0.123. The molecule has 0 bridgehead atoms. The summed E-state index contributed by atoms with van der Waals surface area (Å²) in [6.07, 6.45) is 4.01. The summed E-state index contributed by atoms with van der Waals surface area (Å²) in [6, 6.07) is 7.53. The van der Waals surface area contributed by atoms with E-state index in [4.69, 9.17) is 0 Å². The number of carbonyl (C=O) groups excluding carboxylic acids is 2. The highest BCUT2D eigenvalue weighted by Gasteiger charge is 2.34. The van der Waals surface area contributed by atoms with Crippen LogP contribution in [0.5, 0.6) is 5.75 Å². The monoisotopic (exact) mass is 493 g/mol. The quantitative estimate of drug-likeness (QED) is 0.287. The largest absolute Gasteiger partial charge is 0.505 e. The van der Waals surface area contributed by atoms with Crippen molar-refractivity contribution in [1.82, 2.24) is 15.2 Å². The first kappa shape index (κ1) is 26.4. The van der Waals surface area contributed by atoms with Crippen LogP contribution in [0.3, 0.4) is 0 Å². The number of carbonyl (C=O) groups is 2. The van der Waals surface area contributed by atoms with Crippen LogP contribution in [0.1, 0.15) is 29.8 Å². The molecule has 0 fully saturated rings. The molecule has 36 heavy (non-hydrogen) atoms. The second-order valence-corrected chi connectivity index (χ2v) is 9.11. The van der Waals surface area contributed by atoms with Crippen molar-refractivity contribution in [3.05, 3.63) is 74.3 Å². The lowest BCUT2D eigenvalue weighted by Crippen LogP contribution is -2.53. The van der Waals surface area contributed by atoms with Gasteiger partial charge in [0.05, 0.1) is 11.3 Å². The lowest BCUT2D eigenvalue weighted by atomic mass is 9.99. The standard InChI is InChI=1S/C26H31N5O5/c1-15(2)20(25(35)28-13-11-16-8-7-12-27-14-16)31(5)21-19(23(33)24(21)34)29-18-10-6-9-17(22(18)32)26(36)30(3)4/h6-10,12,14-15,20,29,32H,11,13H2,1-5H3,(H,28,35)/t20-/m1/s1. The topological polar surface area (TPSA) is 132 Å². The summed E-state index contributed by atoms with van der Waals surface area (Å²) in [5.41, 5.74) is -0.353. The maximum Gasteiger partial charge on any atom is 0.257 e. The predicted octanol–water partition coefficient (Wildman–Crippen LogP) is 1.65. The van der Waals surface area contributed by atoms with Crippen molar-refractivity contribution in [2.75, 3.05) is 37.9 Å². The number of aromatic hydroxyl groups is 1. The fraction of sp³-hybridized carbons (Fsp3) is 0.346. The molecule has 10 heteroatoms. The van der Waals surface area contributed by atoms with Crippen molar-refractivity contribution in [3.8, 4) is 5.75 Å². The third-order valence-corrected chi connectivity index (χ3v) is 5.92. The Bertz CT molecular complexity index is 1310. The van der Waals surface area contributed by atoms with Gasteiger partial charge < -0.3 is 25.5 Å². The van der Waals surface area contributed by atoms with Gasteiger partial charge in [-0.05, 0) is 36.1 Å². The number of phenolic OH excluding ortho intramolecular Hbond substituents is 1. The van der Waals surface area contributed by atoms with E-state index in [-0.39, 0.29) is 40.2 Å². The van der Waals surface area contributed by atoms with E-state index in [1.165, 1.54) is 21.9 Å². The van der Waals surface area contributed by atoms with E-state index in [1.54, 1.807) is 39.6 Å². The molecule has 1 aromatic heterocycles. The molecule has 10 nitrogen and oxygen atoms in total. The number of phenols is 1. The number of anilines is 3. The van der Waals surface area contributed by atoms with Crippen LogP contribution < -0.4 is 26.4 Å². The molecule has 1 heterocycles. The normalized spacial score (nSPS) is 11.8. The van der Waals surface area contributed by atoms with E-state index in [0.717, 1.165) is 5.56 Å². The van der Waals surface area contributed by atoms with Crippen molar-refractivity contribution < 1.29 is 14.7 Å². The number of hydrogen-bond acceptors (Lipinski definition) is 8. The highest BCUT2D eigenvalue weighted by molar-refractivity contribution is 5.99. The van der Waals surface area contributed by atoms with Crippen LogP contribution in [-0.4, -0.2) is 60.5 Å². The zero-order valence-corrected chi connectivity index (χ0v) is 21.0. The van der Waals surface area contributed by atoms with E-state index in [1.807, 2.05) is 26.0 Å². The third-order valence-electron chi connectivity index (χ3n) is 5.92. The molecule has 190 valence electrons. The number of aromatic nitrogens is 1. The number of nitrogens with one attached hydrogen (secondary N) is 2. The van der Waals surface area contributed by atoms with Crippen LogP contribution in [0.2, 0.25) is 0 Å². The summed E-state index contributed by atoms with van der Waals surface area (Å²) in [7, 11) is 4.69. The van der Waals surface area contributed by atoms with Gasteiger partial charge in [0.2, 0.25) is 5.91 Å². The summed E-state index contributed by atoms with van der Waals surface area (Å²) in [4.78, 5) is 57.3. The Hall–Kier alpha value is -4.21. The van der Waals surface area contributed by atoms with Crippen molar-refractivity contribution >= 4 is 28.9 Å². The summed E-state index contributed by atoms with van der Waals surface area (Å²) in [5, 5.41) is 16.3. The van der Waals surface area contributed by atoms with Gasteiger partial charge in [0.15, 0.2) is 5.75 Å². The molecule has 0 spiro atoms. The molecule has 0 saturated carbocycles. The number of pyridine rings is 1. The Labute approximate surface area is 209 Å². The molecule has 1 atom stereocenters. The molecule has 0 aliphatic heterocycles. The molecule has 3 rings (SSSR count). The van der Waals surface area contributed by atoms with Crippen LogP contribution in [-0.2, 0) is 11.2 Å². The third kappa shape index (κ3) is 5.37. The lowest BCUT2D eigenvalue weighted by Gasteiger charge is -2.33. The van der Waals surface area contributed by atoms with Gasteiger partial charge in [0, 0.05) is 40.1 Å². The zero-order valence-electron chi connectivity index (χ0n) is 21.0. The number of likely N-dealkylation sites (N-methyl/N-ethyl adjacent to an activating group) is 1. The minimum Gasteiger partial charge on any atom is -0.505 e. The van der Waals surface area contributed by atoms with E-state index < -0.39 is 22.8 Å². The van der Waals surface area contributed by atoms with Gasteiger partial charge in [-0.3, -0.25) is 24.2 Å². The van der Waals surface area contributed by atoms with Gasteiger partial charge in [-0.1, -0.05) is 26.0 Å². The van der Waals surface area contributed by atoms with Crippen LogP contribution in [0.4, 0.5) is 17.1 Å². The smallest absolute Gasteiger partial charge is 0.257 e. The van der Waals surface area contributed by atoms with E-state index in [0.29, 0.717) is 13.0 Å². The SMILES string of the molecule is CC(C)[C@H](C(=O)NCCc1cccnc1)N(C)c1c(Nc2cccc(C(=O)N(C)C)c2O)c(=O)c1=O. The Morgan fingerprint density at radius 2 is 1.78 bits per heavy atom. The summed E-state index contributed by atoms with van der Waals surface area (Å²) >= 11 is 0. The number of hydrogen-bond donors (Lipinski definition) is 3. The van der Waals surface area contributed by atoms with Crippen LogP contribution >= 0.6 is 0 Å². The first-order valence-electron chi connectivity index (χ1n) is 11.6. The highest BCUT2D eigenvalue weighted by atomic mass is 16.3.